The van der Waals surface area contributed by atoms with Crippen molar-refractivity contribution in [3.63, 3.8) is 0 Å². The summed E-state index contributed by atoms with van der Waals surface area (Å²) in [7, 11) is 0. The number of carbonyl (C=O) groups excluding carboxylic acids is 1. The molecule has 5 nitrogen and oxygen atoms in total. The van der Waals surface area contributed by atoms with Crippen LogP contribution in [0.5, 0.6) is 0 Å². The standard InChI is InChI=1S/C18H18FNO4/c1-2-12-3-5-13(6-4-12)14-7-8-15(24-14)16(21)20-10-9-18(19,11-20)17(22)23/h3-8H,2,9-11H2,1H3,(H,22,23). The fraction of sp³-hybridized carbons (Fsp3) is 0.333. The molecule has 1 fully saturated rings. The average Bonchev–Trinajstić information content (AvgIpc) is 3.22. The van der Waals surface area contributed by atoms with Gasteiger partial charge in [-0.05, 0) is 24.1 Å². The molecule has 1 unspecified atom stereocenters. The van der Waals surface area contributed by atoms with E-state index in [0.29, 0.717) is 5.76 Å². The molecule has 0 spiro atoms. The number of hydrogen-bond acceptors (Lipinski definition) is 3. The molecule has 0 radical (unpaired) electrons. The number of rotatable bonds is 4. The lowest BCUT2D eigenvalue weighted by atomic mass is 10.1. The number of carbonyl (C=O) groups is 2. The van der Waals surface area contributed by atoms with Crippen LogP contribution in [-0.4, -0.2) is 40.6 Å². The van der Waals surface area contributed by atoms with Gasteiger partial charge in [-0.15, -0.1) is 0 Å². The Labute approximate surface area is 138 Å². The summed E-state index contributed by atoms with van der Waals surface area (Å²) in [6.07, 6.45) is 0.728. The molecule has 0 saturated carbocycles. The monoisotopic (exact) mass is 331 g/mol. The lowest BCUT2D eigenvalue weighted by molar-refractivity contribution is -0.149. The fourth-order valence-corrected chi connectivity index (χ4v) is 2.79. The number of aliphatic carboxylic acids is 1. The van der Waals surface area contributed by atoms with Gasteiger partial charge in [-0.25, -0.2) is 9.18 Å². The van der Waals surface area contributed by atoms with Crippen LogP contribution in [0, 0.1) is 0 Å². The number of furan rings is 1. The lowest BCUT2D eigenvalue weighted by Gasteiger charge is -2.16. The molecule has 6 heteroatoms. The third-order valence-electron chi connectivity index (χ3n) is 4.35. The zero-order valence-electron chi connectivity index (χ0n) is 13.3. The minimum Gasteiger partial charge on any atom is -0.479 e. The molecule has 1 amide bonds. The molecule has 1 saturated heterocycles. The van der Waals surface area contributed by atoms with Gasteiger partial charge in [-0.1, -0.05) is 31.2 Å². The largest absolute Gasteiger partial charge is 0.479 e. The molecular formula is C18H18FNO4. The van der Waals surface area contributed by atoms with Crippen molar-refractivity contribution in [1.82, 2.24) is 4.90 Å². The second-order valence-corrected chi connectivity index (χ2v) is 5.96. The van der Waals surface area contributed by atoms with Crippen LogP contribution in [-0.2, 0) is 11.2 Å². The number of benzene rings is 1. The number of halogens is 1. The highest BCUT2D eigenvalue weighted by Gasteiger charge is 2.47. The summed E-state index contributed by atoms with van der Waals surface area (Å²) < 4.78 is 19.7. The highest BCUT2D eigenvalue weighted by molar-refractivity contribution is 5.93. The summed E-state index contributed by atoms with van der Waals surface area (Å²) in [6, 6.07) is 11.0. The Morgan fingerprint density at radius 3 is 2.54 bits per heavy atom. The van der Waals surface area contributed by atoms with Crippen LogP contribution in [0.1, 0.15) is 29.5 Å². The van der Waals surface area contributed by atoms with Crippen LogP contribution >= 0.6 is 0 Å². The van der Waals surface area contributed by atoms with Gasteiger partial charge in [0.2, 0.25) is 5.67 Å². The summed E-state index contributed by atoms with van der Waals surface area (Å²) >= 11 is 0. The van der Waals surface area contributed by atoms with E-state index in [1.807, 2.05) is 24.3 Å². The predicted octanol–water partition coefficient (Wildman–Crippen LogP) is 3.15. The summed E-state index contributed by atoms with van der Waals surface area (Å²) in [6.45, 7) is 1.67. The van der Waals surface area contributed by atoms with Gasteiger partial charge in [0.05, 0.1) is 6.54 Å². The average molecular weight is 331 g/mol. The number of alkyl halides is 1. The van der Waals surface area contributed by atoms with Crippen molar-refractivity contribution in [1.29, 1.82) is 0 Å². The number of carboxylic acids is 1. The molecule has 1 aliphatic heterocycles. The Kier molecular flexibility index (Phi) is 4.13. The Morgan fingerprint density at radius 2 is 1.96 bits per heavy atom. The van der Waals surface area contributed by atoms with E-state index in [2.05, 4.69) is 6.92 Å². The van der Waals surface area contributed by atoms with Crippen LogP contribution in [0.4, 0.5) is 4.39 Å². The van der Waals surface area contributed by atoms with Crippen molar-refractivity contribution in [2.45, 2.75) is 25.4 Å². The Hall–Kier alpha value is -2.63. The summed E-state index contributed by atoms with van der Waals surface area (Å²) in [4.78, 5) is 24.5. The quantitative estimate of drug-likeness (QED) is 0.934. The van der Waals surface area contributed by atoms with Gasteiger partial charge in [0.1, 0.15) is 5.76 Å². The third kappa shape index (κ3) is 2.91. The SMILES string of the molecule is CCc1ccc(-c2ccc(C(=O)N3CCC(F)(C(=O)O)C3)o2)cc1. The van der Waals surface area contributed by atoms with E-state index in [0.717, 1.165) is 12.0 Å². The molecule has 0 bridgehead atoms. The number of carboxylic acid groups (broad SMARTS) is 1. The van der Waals surface area contributed by atoms with E-state index >= 15 is 0 Å². The van der Waals surface area contributed by atoms with Crippen LogP contribution in [0.25, 0.3) is 11.3 Å². The van der Waals surface area contributed by atoms with Gasteiger partial charge >= 0.3 is 5.97 Å². The predicted molar refractivity (Wildman–Crippen MR) is 85.5 cm³/mol. The molecule has 2 aromatic rings. The highest BCUT2D eigenvalue weighted by atomic mass is 19.1. The second kappa shape index (κ2) is 6.11. The summed E-state index contributed by atoms with van der Waals surface area (Å²) in [5.41, 5.74) is -0.328. The molecule has 2 heterocycles. The van der Waals surface area contributed by atoms with E-state index < -0.39 is 24.1 Å². The Bertz CT molecular complexity index is 768. The first-order valence-electron chi connectivity index (χ1n) is 7.83. The normalized spacial score (nSPS) is 20.3. The topological polar surface area (TPSA) is 70.8 Å². The van der Waals surface area contributed by atoms with Crippen LogP contribution in [0.15, 0.2) is 40.8 Å². The summed E-state index contributed by atoms with van der Waals surface area (Å²) in [5, 5.41) is 8.90. The first-order valence-corrected chi connectivity index (χ1v) is 7.83. The molecule has 1 aliphatic rings. The van der Waals surface area contributed by atoms with E-state index in [1.165, 1.54) is 16.5 Å². The minimum absolute atomic E-state index is 0.0584. The van der Waals surface area contributed by atoms with Gasteiger partial charge in [-0.2, -0.15) is 0 Å². The number of nitrogens with zero attached hydrogens (tertiary/aromatic N) is 1. The molecule has 24 heavy (non-hydrogen) atoms. The smallest absolute Gasteiger partial charge is 0.343 e. The fourth-order valence-electron chi connectivity index (χ4n) is 2.79. The maximum absolute atomic E-state index is 14.1. The van der Waals surface area contributed by atoms with Gasteiger partial charge in [0.15, 0.2) is 5.76 Å². The maximum Gasteiger partial charge on any atom is 0.343 e. The first-order chi connectivity index (χ1) is 11.4. The number of aryl methyl sites for hydroxylation is 1. The highest BCUT2D eigenvalue weighted by Crippen LogP contribution is 2.29. The number of hydrogen-bond donors (Lipinski definition) is 1. The van der Waals surface area contributed by atoms with Crippen LogP contribution in [0.2, 0.25) is 0 Å². The first kappa shape index (κ1) is 16.2. The van der Waals surface area contributed by atoms with E-state index in [4.69, 9.17) is 9.52 Å². The van der Waals surface area contributed by atoms with E-state index in [-0.39, 0.29) is 18.7 Å². The zero-order valence-corrected chi connectivity index (χ0v) is 13.3. The van der Waals surface area contributed by atoms with Gasteiger partial charge in [0, 0.05) is 18.5 Å². The molecular weight excluding hydrogens is 313 g/mol. The Morgan fingerprint density at radius 1 is 1.25 bits per heavy atom. The zero-order chi connectivity index (χ0) is 17.3. The molecule has 126 valence electrons. The molecule has 1 N–H and O–H groups in total. The molecule has 0 aliphatic carbocycles. The van der Waals surface area contributed by atoms with Crippen molar-refractivity contribution in [3.05, 3.63) is 47.7 Å². The molecule has 3 rings (SSSR count). The Balaban J connectivity index is 1.75. The third-order valence-corrected chi connectivity index (χ3v) is 4.35. The van der Waals surface area contributed by atoms with Gasteiger partial charge in [0.25, 0.3) is 5.91 Å². The number of likely N-dealkylation sites (tertiary alicyclic amines) is 1. The molecule has 1 atom stereocenters. The van der Waals surface area contributed by atoms with Crippen LogP contribution in [0.3, 0.4) is 0 Å². The van der Waals surface area contributed by atoms with Gasteiger partial charge < -0.3 is 14.4 Å². The van der Waals surface area contributed by atoms with Crippen molar-refractivity contribution in [2.75, 3.05) is 13.1 Å². The van der Waals surface area contributed by atoms with Crippen molar-refractivity contribution < 1.29 is 23.5 Å². The second-order valence-electron chi connectivity index (χ2n) is 5.96. The lowest BCUT2D eigenvalue weighted by Crippen LogP contribution is -2.38. The van der Waals surface area contributed by atoms with Crippen molar-refractivity contribution in [3.8, 4) is 11.3 Å². The molecule has 1 aromatic heterocycles. The summed E-state index contributed by atoms with van der Waals surface area (Å²) in [5.74, 6) is -1.40. The minimum atomic E-state index is -2.37. The van der Waals surface area contributed by atoms with Crippen LogP contribution < -0.4 is 0 Å². The van der Waals surface area contributed by atoms with E-state index in [9.17, 15) is 14.0 Å². The maximum atomic E-state index is 14.1. The molecule has 1 aromatic carbocycles. The van der Waals surface area contributed by atoms with Crippen molar-refractivity contribution >= 4 is 11.9 Å². The van der Waals surface area contributed by atoms with Gasteiger partial charge in [-0.3, -0.25) is 4.79 Å². The number of amides is 1. The van der Waals surface area contributed by atoms with E-state index in [1.54, 1.807) is 6.07 Å². The van der Waals surface area contributed by atoms with Crippen molar-refractivity contribution in [2.24, 2.45) is 0 Å².